The van der Waals surface area contributed by atoms with Crippen molar-refractivity contribution in [1.29, 1.82) is 0 Å². The minimum atomic E-state index is -0.314. The highest BCUT2D eigenvalue weighted by atomic mass is 16.5. The molecule has 4 aliphatic carbocycles. The fourth-order valence-electron chi connectivity index (χ4n) is 7.37. The molecule has 5 nitrogen and oxygen atoms in total. The maximum atomic E-state index is 13.8. The molecule has 0 radical (unpaired) electrons. The smallest absolute Gasteiger partial charge is 0.243 e. The quantitative estimate of drug-likeness (QED) is 0.733. The molecule has 4 bridgehead atoms. The van der Waals surface area contributed by atoms with Crippen LogP contribution in [0.25, 0.3) is 0 Å². The highest BCUT2D eigenvalue weighted by Gasteiger charge is 2.56. The number of ether oxygens (including phenoxy) is 1. The van der Waals surface area contributed by atoms with Crippen molar-refractivity contribution in [3.63, 3.8) is 0 Å². The lowest BCUT2D eigenvalue weighted by Gasteiger charge is -2.56. The lowest BCUT2D eigenvalue weighted by atomic mass is 9.49. The predicted molar refractivity (Wildman–Crippen MR) is 120 cm³/mol. The molecule has 0 aromatic heterocycles. The van der Waals surface area contributed by atoms with E-state index in [1.54, 1.807) is 0 Å². The van der Waals surface area contributed by atoms with Gasteiger partial charge in [-0.15, -0.1) is 0 Å². The number of carbonyl (C=O) groups is 2. The fourth-order valence-corrected chi connectivity index (χ4v) is 7.37. The summed E-state index contributed by atoms with van der Waals surface area (Å²) < 4.78 is 5.51. The lowest BCUT2D eigenvalue weighted by molar-refractivity contribution is -0.160. The summed E-state index contributed by atoms with van der Waals surface area (Å²) in [7, 11) is 0. The largest absolute Gasteiger partial charge is 0.494 e. The van der Waals surface area contributed by atoms with Crippen LogP contribution in [0.5, 0.6) is 5.75 Å². The molecule has 2 atom stereocenters. The van der Waals surface area contributed by atoms with Crippen LogP contribution in [0.4, 0.5) is 0 Å². The van der Waals surface area contributed by atoms with Crippen molar-refractivity contribution in [2.24, 2.45) is 23.2 Å². The van der Waals surface area contributed by atoms with Gasteiger partial charge in [0.15, 0.2) is 0 Å². The van der Waals surface area contributed by atoms with E-state index in [1.807, 2.05) is 43.0 Å². The molecule has 5 fully saturated rings. The number of carbonyl (C=O) groups excluding carboxylic acids is 2. The Balaban J connectivity index is 1.25. The molecule has 1 aliphatic heterocycles. The second-order valence-electron chi connectivity index (χ2n) is 10.6. The summed E-state index contributed by atoms with van der Waals surface area (Å²) in [6.07, 6.45) is 8.87. The highest BCUT2D eigenvalue weighted by Crippen LogP contribution is 2.60. The number of rotatable bonds is 6. The molecule has 31 heavy (non-hydrogen) atoms. The van der Waals surface area contributed by atoms with Crippen molar-refractivity contribution in [3.8, 4) is 5.75 Å². The first-order chi connectivity index (χ1) is 15.0. The topological polar surface area (TPSA) is 58.6 Å². The van der Waals surface area contributed by atoms with Gasteiger partial charge in [0.1, 0.15) is 11.8 Å². The molecule has 5 aliphatic rings. The number of nitrogens with one attached hydrogen (secondary N) is 1. The number of benzene rings is 1. The van der Waals surface area contributed by atoms with E-state index in [1.165, 1.54) is 19.3 Å². The molecule has 2 amide bonds. The SMILES string of the molecule is CCOc1ccc([C@H](C)NC(=O)[C@H]2CCCN2C(=O)C23CC4CC(CC(C4)C2)C3)cc1. The molecular weight excluding hydrogens is 388 g/mol. The zero-order valence-corrected chi connectivity index (χ0v) is 18.9. The van der Waals surface area contributed by atoms with Crippen LogP contribution in [0.1, 0.15) is 76.8 Å². The summed E-state index contributed by atoms with van der Waals surface area (Å²) in [5, 5.41) is 3.17. The summed E-state index contributed by atoms with van der Waals surface area (Å²) in [5.74, 6) is 3.35. The van der Waals surface area contributed by atoms with Gasteiger partial charge >= 0.3 is 0 Å². The third kappa shape index (κ3) is 3.85. The number of nitrogens with zero attached hydrogens (tertiary/aromatic N) is 1. The molecule has 1 N–H and O–H groups in total. The third-order valence-corrected chi connectivity index (χ3v) is 8.36. The van der Waals surface area contributed by atoms with Crippen molar-refractivity contribution in [2.45, 2.75) is 77.3 Å². The third-order valence-electron chi connectivity index (χ3n) is 8.36. The Morgan fingerprint density at radius 3 is 2.29 bits per heavy atom. The Hall–Kier alpha value is -2.04. The predicted octanol–water partition coefficient (Wildman–Crippen LogP) is 4.47. The van der Waals surface area contributed by atoms with Crippen LogP contribution < -0.4 is 10.1 Å². The Bertz CT molecular complexity index is 798. The first kappa shape index (κ1) is 20.8. The van der Waals surface area contributed by atoms with Crippen LogP contribution in [-0.4, -0.2) is 35.9 Å². The van der Waals surface area contributed by atoms with Gasteiger partial charge in [-0.1, -0.05) is 12.1 Å². The average molecular weight is 425 g/mol. The van der Waals surface area contributed by atoms with E-state index in [2.05, 4.69) is 5.32 Å². The van der Waals surface area contributed by atoms with E-state index in [0.717, 1.165) is 67.7 Å². The van der Waals surface area contributed by atoms with Gasteiger partial charge in [0.2, 0.25) is 11.8 Å². The Kier molecular flexibility index (Phi) is 5.47. The fraction of sp³-hybridized carbons (Fsp3) is 0.692. The van der Waals surface area contributed by atoms with Crippen LogP contribution in [0, 0.1) is 23.2 Å². The van der Waals surface area contributed by atoms with Gasteiger partial charge in [-0.3, -0.25) is 9.59 Å². The van der Waals surface area contributed by atoms with Crippen LogP contribution >= 0.6 is 0 Å². The van der Waals surface area contributed by atoms with Crippen LogP contribution in [-0.2, 0) is 9.59 Å². The molecule has 4 saturated carbocycles. The van der Waals surface area contributed by atoms with E-state index in [0.29, 0.717) is 6.61 Å². The van der Waals surface area contributed by atoms with Gasteiger partial charge in [0.25, 0.3) is 0 Å². The van der Waals surface area contributed by atoms with Gasteiger partial charge in [-0.2, -0.15) is 0 Å². The standard InChI is InChI=1S/C26H36N2O3/c1-3-31-22-8-6-21(7-9-22)17(2)27-24(29)23-5-4-10-28(23)25(30)26-14-18-11-19(15-26)13-20(12-18)16-26/h6-9,17-20,23H,3-5,10-16H2,1-2H3,(H,27,29)/t17-,18?,19?,20?,23+,26?/m0/s1. The molecule has 1 heterocycles. The maximum absolute atomic E-state index is 13.8. The summed E-state index contributed by atoms with van der Waals surface area (Å²) in [4.78, 5) is 29.0. The van der Waals surface area contributed by atoms with Crippen molar-refractivity contribution in [2.75, 3.05) is 13.2 Å². The second-order valence-corrected chi connectivity index (χ2v) is 10.6. The van der Waals surface area contributed by atoms with Gasteiger partial charge < -0.3 is 15.0 Å². The lowest BCUT2D eigenvalue weighted by Crippen LogP contribution is -2.57. The Morgan fingerprint density at radius 1 is 1.10 bits per heavy atom. The van der Waals surface area contributed by atoms with Gasteiger partial charge in [-0.05, 0) is 101 Å². The second kappa shape index (κ2) is 8.14. The molecular formula is C26H36N2O3. The number of hydrogen-bond acceptors (Lipinski definition) is 3. The summed E-state index contributed by atoms with van der Waals surface area (Å²) in [6.45, 7) is 5.35. The molecule has 0 unspecified atom stereocenters. The average Bonchev–Trinajstić information content (AvgIpc) is 3.23. The van der Waals surface area contributed by atoms with Gasteiger partial charge in [-0.25, -0.2) is 0 Å². The summed E-state index contributed by atoms with van der Waals surface area (Å²) in [5.41, 5.74) is 0.881. The number of likely N-dealkylation sites (tertiary alicyclic amines) is 1. The number of amides is 2. The zero-order chi connectivity index (χ0) is 21.6. The molecule has 1 aromatic rings. The molecule has 1 aromatic carbocycles. The number of hydrogen-bond donors (Lipinski definition) is 1. The summed E-state index contributed by atoms with van der Waals surface area (Å²) >= 11 is 0. The maximum Gasteiger partial charge on any atom is 0.243 e. The minimum Gasteiger partial charge on any atom is -0.494 e. The van der Waals surface area contributed by atoms with E-state index in [9.17, 15) is 9.59 Å². The first-order valence-corrected chi connectivity index (χ1v) is 12.3. The Morgan fingerprint density at radius 2 is 1.71 bits per heavy atom. The molecule has 6 rings (SSSR count). The van der Waals surface area contributed by atoms with E-state index in [-0.39, 0.29) is 29.3 Å². The van der Waals surface area contributed by atoms with E-state index >= 15 is 0 Å². The first-order valence-electron chi connectivity index (χ1n) is 12.3. The normalized spacial score (nSPS) is 34.6. The van der Waals surface area contributed by atoms with Crippen molar-refractivity contribution in [3.05, 3.63) is 29.8 Å². The van der Waals surface area contributed by atoms with E-state index in [4.69, 9.17) is 4.74 Å². The van der Waals surface area contributed by atoms with Crippen molar-refractivity contribution in [1.82, 2.24) is 10.2 Å². The van der Waals surface area contributed by atoms with Crippen LogP contribution in [0.15, 0.2) is 24.3 Å². The minimum absolute atomic E-state index is 0.00281. The molecule has 0 spiro atoms. The molecule has 1 saturated heterocycles. The van der Waals surface area contributed by atoms with Gasteiger partial charge in [0.05, 0.1) is 18.1 Å². The molecule has 168 valence electrons. The van der Waals surface area contributed by atoms with E-state index < -0.39 is 0 Å². The highest BCUT2D eigenvalue weighted by molar-refractivity contribution is 5.91. The summed E-state index contributed by atoms with van der Waals surface area (Å²) in [6, 6.07) is 7.48. The zero-order valence-electron chi connectivity index (χ0n) is 18.9. The van der Waals surface area contributed by atoms with Crippen LogP contribution in [0.2, 0.25) is 0 Å². The van der Waals surface area contributed by atoms with Gasteiger partial charge in [0, 0.05) is 6.54 Å². The van der Waals surface area contributed by atoms with Crippen LogP contribution in [0.3, 0.4) is 0 Å². The Labute approximate surface area is 185 Å². The monoisotopic (exact) mass is 424 g/mol. The van der Waals surface area contributed by atoms with Crippen molar-refractivity contribution < 1.29 is 14.3 Å². The van der Waals surface area contributed by atoms with Crippen molar-refractivity contribution >= 4 is 11.8 Å². The molecule has 5 heteroatoms.